The van der Waals surface area contributed by atoms with E-state index < -0.39 is 12.6 Å². The van der Waals surface area contributed by atoms with Crippen LogP contribution in [0.5, 0.6) is 0 Å². The minimum absolute atomic E-state index is 0.0692. The molecule has 1 nitrogen and oxygen atoms in total. The normalized spacial score (nSPS) is 21.7. The first-order chi connectivity index (χ1) is 8.51. The molecule has 102 valence electrons. The Morgan fingerprint density at radius 3 is 2.94 bits per heavy atom. The molecule has 0 fully saturated rings. The molecule has 0 aliphatic heterocycles. The average Bonchev–Trinajstić information content (AvgIpc) is 2.77. The average molecular weight is 277 g/mol. The Hall–Kier alpha value is -0.550. The van der Waals surface area contributed by atoms with Crippen LogP contribution in [-0.4, -0.2) is 19.3 Å². The highest BCUT2D eigenvalue weighted by Crippen LogP contribution is 2.38. The Labute approximate surface area is 109 Å². The third-order valence-corrected chi connectivity index (χ3v) is 4.69. The van der Waals surface area contributed by atoms with Crippen molar-refractivity contribution in [3.8, 4) is 0 Å². The van der Waals surface area contributed by atoms with Crippen molar-refractivity contribution in [2.75, 3.05) is 7.05 Å². The first kappa shape index (κ1) is 13.9. The molecule has 0 spiro atoms. The van der Waals surface area contributed by atoms with Crippen LogP contribution in [0.15, 0.2) is 11.4 Å². The first-order valence-corrected chi connectivity index (χ1v) is 7.19. The zero-order valence-corrected chi connectivity index (χ0v) is 11.2. The Morgan fingerprint density at radius 1 is 1.50 bits per heavy atom. The lowest BCUT2D eigenvalue weighted by Crippen LogP contribution is -2.34. The summed E-state index contributed by atoms with van der Waals surface area (Å²) in [6.45, 7) is 0. The van der Waals surface area contributed by atoms with Crippen LogP contribution in [-0.2, 0) is 6.42 Å². The summed E-state index contributed by atoms with van der Waals surface area (Å²) in [5.41, 5.74) is 1.27. The second-order valence-corrected chi connectivity index (χ2v) is 5.85. The van der Waals surface area contributed by atoms with Crippen molar-refractivity contribution >= 4 is 11.3 Å². The summed E-state index contributed by atoms with van der Waals surface area (Å²) in [5, 5.41) is 5.13. The fourth-order valence-corrected chi connectivity index (χ4v) is 3.80. The fourth-order valence-electron chi connectivity index (χ4n) is 2.81. The Kier molecular flexibility index (Phi) is 4.33. The second kappa shape index (κ2) is 5.61. The molecule has 0 saturated carbocycles. The Bertz CT molecular complexity index is 386. The van der Waals surface area contributed by atoms with Gasteiger partial charge in [-0.1, -0.05) is 0 Å². The molecule has 0 amide bonds. The molecule has 0 radical (unpaired) electrons. The molecule has 2 unspecified atom stereocenters. The van der Waals surface area contributed by atoms with Crippen LogP contribution in [0.2, 0.25) is 0 Å². The van der Waals surface area contributed by atoms with Crippen LogP contribution in [0.1, 0.15) is 42.0 Å². The maximum absolute atomic E-state index is 12.3. The molecule has 1 aliphatic rings. The number of halogens is 3. The van der Waals surface area contributed by atoms with E-state index in [1.807, 2.05) is 0 Å². The van der Waals surface area contributed by atoms with E-state index in [-0.39, 0.29) is 18.4 Å². The summed E-state index contributed by atoms with van der Waals surface area (Å²) in [5.74, 6) is 0.243. The predicted octanol–water partition coefficient (Wildman–Crippen LogP) is 4.10. The van der Waals surface area contributed by atoms with E-state index in [1.165, 1.54) is 10.4 Å². The zero-order chi connectivity index (χ0) is 13.2. The quantitative estimate of drug-likeness (QED) is 0.873. The van der Waals surface area contributed by atoms with Gasteiger partial charge in [-0.2, -0.15) is 13.2 Å². The molecule has 1 aliphatic carbocycles. The molecule has 1 N–H and O–H groups in total. The van der Waals surface area contributed by atoms with Crippen molar-refractivity contribution in [1.29, 1.82) is 0 Å². The highest BCUT2D eigenvalue weighted by molar-refractivity contribution is 7.10. The largest absolute Gasteiger partial charge is 0.389 e. The SMILES string of the molecule is CNC(CCC(F)(F)F)C1CCCc2sccc21. The van der Waals surface area contributed by atoms with E-state index in [4.69, 9.17) is 0 Å². The maximum atomic E-state index is 12.3. The van der Waals surface area contributed by atoms with Gasteiger partial charge in [0.1, 0.15) is 0 Å². The molecule has 1 heterocycles. The van der Waals surface area contributed by atoms with Crippen LogP contribution < -0.4 is 5.32 Å². The molecular formula is C13H18F3NS. The number of fused-ring (bicyclic) bond motifs is 1. The van der Waals surface area contributed by atoms with Gasteiger partial charge in [-0.3, -0.25) is 0 Å². The summed E-state index contributed by atoms with van der Waals surface area (Å²) in [6, 6.07) is 2.02. The van der Waals surface area contributed by atoms with Crippen LogP contribution in [0.4, 0.5) is 13.2 Å². The Balaban J connectivity index is 2.06. The van der Waals surface area contributed by atoms with Crippen LogP contribution in [0.3, 0.4) is 0 Å². The van der Waals surface area contributed by atoms with Gasteiger partial charge in [-0.15, -0.1) is 11.3 Å². The van der Waals surface area contributed by atoms with E-state index >= 15 is 0 Å². The van der Waals surface area contributed by atoms with E-state index in [0.29, 0.717) is 0 Å². The fraction of sp³-hybridized carbons (Fsp3) is 0.692. The summed E-state index contributed by atoms with van der Waals surface area (Å²) in [7, 11) is 1.77. The van der Waals surface area contributed by atoms with E-state index in [9.17, 15) is 13.2 Å². The van der Waals surface area contributed by atoms with E-state index in [1.54, 1.807) is 18.4 Å². The lowest BCUT2D eigenvalue weighted by molar-refractivity contribution is -0.136. The minimum atomic E-state index is -4.05. The summed E-state index contributed by atoms with van der Waals surface area (Å²) in [4.78, 5) is 1.36. The molecule has 0 bridgehead atoms. The number of aryl methyl sites for hydroxylation is 1. The molecule has 0 saturated heterocycles. The van der Waals surface area contributed by atoms with Crippen LogP contribution >= 0.6 is 11.3 Å². The van der Waals surface area contributed by atoms with Gasteiger partial charge in [0.25, 0.3) is 0 Å². The van der Waals surface area contributed by atoms with Gasteiger partial charge in [0.15, 0.2) is 0 Å². The zero-order valence-electron chi connectivity index (χ0n) is 10.4. The number of thiophene rings is 1. The van der Waals surface area contributed by atoms with Crippen molar-refractivity contribution in [2.45, 2.75) is 50.2 Å². The lowest BCUT2D eigenvalue weighted by atomic mass is 9.81. The molecule has 0 aromatic carbocycles. The van der Waals surface area contributed by atoms with Crippen molar-refractivity contribution in [3.05, 3.63) is 21.9 Å². The number of rotatable bonds is 4. The summed E-state index contributed by atoms with van der Waals surface area (Å²) < 4.78 is 37.0. The molecule has 2 rings (SSSR count). The Morgan fingerprint density at radius 2 is 2.28 bits per heavy atom. The summed E-state index contributed by atoms with van der Waals surface area (Å²) >= 11 is 1.73. The molecule has 2 atom stereocenters. The molecular weight excluding hydrogens is 259 g/mol. The maximum Gasteiger partial charge on any atom is 0.389 e. The second-order valence-electron chi connectivity index (χ2n) is 4.85. The molecule has 1 aromatic heterocycles. The smallest absolute Gasteiger partial charge is 0.316 e. The third-order valence-electron chi connectivity index (χ3n) is 3.69. The van der Waals surface area contributed by atoms with Crippen LogP contribution in [0, 0.1) is 0 Å². The number of nitrogens with one attached hydrogen (secondary N) is 1. The number of alkyl halides is 3. The first-order valence-electron chi connectivity index (χ1n) is 6.31. The standard InChI is InChI=1S/C13H18F3NS/c1-17-11(5-7-13(14,15)16)9-3-2-4-12-10(9)6-8-18-12/h6,8-9,11,17H,2-5,7H2,1H3. The van der Waals surface area contributed by atoms with Gasteiger partial charge in [0.2, 0.25) is 0 Å². The van der Waals surface area contributed by atoms with Crippen LogP contribution in [0.25, 0.3) is 0 Å². The lowest BCUT2D eigenvalue weighted by Gasteiger charge is -2.30. The highest BCUT2D eigenvalue weighted by Gasteiger charge is 2.32. The van der Waals surface area contributed by atoms with Crippen molar-refractivity contribution in [2.24, 2.45) is 0 Å². The number of hydrogen-bond donors (Lipinski definition) is 1. The van der Waals surface area contributed by atoms with Crippen molar-refractivity contribution in [3.63, 3.8) is 0 Å². The van der Waals surface area contributed by atoms with Crippen molar-refractivity contribution in [1.82, 2.24) is 5.32 Å². The van der Waals surface area contributed by atoms with Gasteiger partial charge in [0.05, 0.1) is 0 Å². The third kappa shape index (κ3) is 3.26. The monoisotopic (exact) mass is 277 g/mol. The number of hydrogen-bond acceptors (Lipinski definition) is 2. The number of likely N-dealkylation sites (N-methyl/N-ethyl adjacent to an activating group) is 1. The van der Waals surface area contributed by atoms with E-state index in [0.717, 1.165) is 19.3 Å². The van der Waals surface area contributed by atoms with E-state index in [2.05, 4.69) is 16.8 Å². The van der Waals surface area contributed by atoms with Crippen molar-refractivity contribution < 1.29 is 13.2 Å². The molecule has 1 aromatic rings. The van der Waals surface area contributed by atoms with Gasteiger partial charge < -0.3 is 5.32 Å². The predicted molar refractivity (Wildman–Crippen MR) is 68.1 cm³/mol. The van der Waals surface area contributed by atoms with Gasteiger partial charge >= 0.3 is 6.18 Å². The van der Waals surface area contributed by atoms with Gasteiger partial charge in [-0.05, 0) is 49.7 Å². The van der Waals surface area contributed by atoms with Gasteiger partial charge in [-0.25, -0.2) is 0 Å². The highest BCUT2D eigenvalue weighted by atomic mass is 32.1. The molecule has 5 heteroatoms. The van der Waals surface area contributed by atoms with Gasteiger partial charge in [0, 0.05) is 23.3 Å². The topological polar surface area (TPSA) is 12.0 Å². The summed E-state index contributed by atoms with van der Waals surface area (Å²) in [6.07, 6.45) is -1.43. The minimum Gasteiger partial charge on any atom is -0.316 e. The molecule has 18 heavy (non-hydrogen) atoms.